The second-order valence-corrected chi connectivity index (χ2v) is 11.7. The summed E-state index contributed by atoms with van der Waals surface area (Å²) in [6.07, 6.45) is 4.84. The van der Waals surface area contributed by atoms with Crippen LogP contribution in [0.5, 0.6) is 0 Å². The summed E-state index contributed by atoms with van der Waals surface area (Å²) < 4.78 is 0. The molecule has 2 rings (SSSR count). The Bertz CT molecular complexity index is 399. The Hall–Kier alpha value is 1.42. The number of carbonyl (C=O) groups excluding carboxylic acids is 1. The van der Waals surface area contributed by atoms with Gasteiger partial charge in [0.05, 0.1) is 0 Å². The van der Waals surface area contributed by atoms with Crippen molar-refractivity contribution < 1.29 is 56.2 Å². The average Bonchev–Trinajstić information content (AvgIpc) is 2.28. The van der Waals surface area contributed by atoms with Crippen LogP contribution in [0.1, 0.15) is 25.3 Å². The Morgan fingerprint density at radius 3 is 2.14 bits per heavy atom. The van der Waals surface area contributed by atoms with E-state index in [2.05, 4.69) is 42.9 Å². The molecule has 0 bridgehead atoms. The molecule has 8 heteroatoms. The monoisotopic (exact) mass is 427 g/mol. The van der Waals surface area contributed by atoms with Gasteiger partial charge in [-0.15, -0.1) is 0 Å². The average molecular weight is 429 g/mol. The van der Waals surface area contributed by atoms with Crippen molar-refractivity contribution in [2.24, 2.45) is 0 Å². The second kappa shape index (κ2) is 12.8. The standard InChI is InChI=1S/C13H16NO.3ClH.2Li.Pd/c1-13(10-12(15)14-13)9-5-8-11-6-3-2-4-7-11;;;;;;/h2-7H,8-10H2,1H3,(H,14,15);3*1H;;;/q-1;;;;2*+1;+2/p-3. The van der Waals surface area contributed by atoms with Crippen molar-refractivity contribution >= 4 is 34.5 Å². The number of halogens is 3. The van der Waals surface area contributed by atoms with E-state index in [0.717, 1.165) is 12.8 Å². The van der Waals surface area contributed by atoms with Gasteiger partial charge in [0.25, 0.3) is 0 Å². The van der Waals surface area contributed by atoms with E-state index in [-0.39, 0.29) is 49.2 Å². The predicted molar refractivity (Wildman–Crippen MR) is 77.8 cm³/mol. The second-order valence-electron chi connectivity index (χ2n) is 4.60. The van der Waals surface area contributed by atoms with Gasteiger partial charge in [-0.05, 0) is 6.92 Å². The zero-order valence-electron chi connectivity index (χ0n) is 12.4. The van der Waals surface area contributed by atoms with Crippen molar-refractivity contribution in [3.63, 3.8) is 0 Å². The molecule has 1 amide bonds. The number of β-lactam (4-membered cyclic amide) rings is 1. The van der Waals surface area contributed by atoms with E-state index < -0.39 is 13.7 Å². The molecule has 1 fully saturated rings. The SMILES string of the molecule is CC1(C[CH-]Cc2ccccc2)CC(=O)N1.[Cl][Pd-]([Cl])[Cl].[Li+].[Li+]. The molecule has 2 nitrogen and oxygen atoms in total. The fraction of sp³-hybridized carbons (Fsp3) is 0.385. The maximum atomic E-state index is 10.8. The van der Waals surface area contributed by atoms with Gasteiger partial charge < -0.3 is 11.7 Å². The van der Waals surface area contributed by atoms with E-state index >= 15 is 0 Å². The first-order valence-corrected chi connectivity index (χ1v) is 11.7. The zero-order chi connectivity index (χ0) is 14.3. The van der Waals surface area contributed by atoms with Gasteiger partial charge in [0.2, 0.25) is 5.91 Å². The molecule has 112 valence electrons. The number of benzene rings is 1. The van der Waals surface area contributed by atoms with E-state index in [9.17, 15) is 4.79 Å². The molecule has 1 aromatic rings. The Balaban J connectivity index is 0. The number of amides is 1. The summed E-state index contributed by atoms with van der Waals surface area (Å²) in [6.45, 7) is 2.09. The van der Waals surface area contributed by atoms with Crippen molar-refractivity contribution in [3.8, 4) is 0 Å². The van der Waals surface area contributed by atoms with Gasteiger partial charge in [0.15, 0.2) is 0 Å². The minimum atomic E-state index is -1.57. The van der Waals surface area contributed by atoms with Gasteiger partial charge >= 0.3 is 80.0 Å². The molecule has 0 aliphatic carbocycles. The molecule has 21 heavy (non-hydrogen) atoms. The van der Waals surface area contributed by atoms with Crippen LogP contribution < -0.4 is 43.0 Å². The van der Waals surface area contributed by atoms with E-state index in [0.29, 0.717) is 6.42 Å². The van der Waals surface area contributed by atoms with Crippen molar-refractivity contribution in [1.29, 1.82) is 0 Å². The molecule has 1 aromatic carbocycles. The normalized spacial score (nSPS) is 19.6. The summed E-state index contributed by atoms with van der Waals surface area (Å²) in [5, 5.41) is 2.94. The van der Waals surface area contributed by atoms with Crippen molar-refractivity contribution in [2.45, 2.75) is 31.7 Å². The summed E-state index contributed by atoms with van der Waals surface area (Å²) in [7, 11) is 14.8. The summed E-state index contributed by atoms with van der Waals surface area (Å²) in [5.41, 5.74) is 1.35. The van der Waals surface area contributed by atoms with E-state index in [1.54, 1.807) is 0 Å². The smallest absolute Gasteiger partial charge is 1.00 e. The number of hydrogen-bond donors (Lipinski definition) is 1. The zero-order valence-corrected chi connectivity index (χ0v) is 16.3. The number of hydrogen-bond acceptors (Lipinski definition) is 1. The molecular weight excluding hydrogens is 413 g/mol. The maximum Gasteiger partial charge on any atom is 1.00 e. The number of rotatable bonds is 4. The molecular formula is C13H16Cl3Li2NOPd. The number of carbonyl (C=O) groups is 1. The van der Waals surface area contributed by atoms with Crippen LogP contribution in [0.15, 0.2) is 30.3 Å². The topological polar surface area (TPSA) is 29.1 Å². The van der Waals surface area contributed by atoms with Gasteiger partial charge in [-0.25, -0.2) is 0 Å². The van der Waals surface area contributed by atoms with Crippen LogP contribution in [-0.4, -0.2) is 11.4 Å². The largest absolute Gasteiger partial charge is 1.00 e. The predicted octanol–water partition coefficient (Wildman–Crippen LogP) is -1.82. The van der Waals surface area contributed by atoms with E-state index in [1.165, 1.54) is 5.56 Å². The molecule has 0 aromatic heterocycles. The molecule has 0 spiro atoms. The maximum absolute atomic E-state index is 10.8. The molecule has 1 unspecified atom stereocenters. The van der Waals surface area contributed by atoms with Gasteiger partial charge in [0, 0.05) is 12.0 Å². The summed E-state index contributed by atoms with van der Waals surface area (Å²) in [4.78, 5) is 10.8. The Morgan fingerprint density at radius 1 is 1.24 bits per heavy atom. The van der Waals surface area contributed by atoms with Crippen LogP contribution in [0.25, 0.3) is 0 Å². The van der Waals surface area contributed by atoms with Crippen LogP contribution in [0.2, 0.25) is 0 Å². The Labute approximate surface area is 168 Å². The van der Waals surface area contributed by atoms with Gasteiger partial charge in [0.1, 0.15) is 0 Å². The first kappa shape index (κ1) is 24.7. The van der Waals surface area contributed by atoms with Crippen LogP contribution >= 0.6 is 28.6 Å². The van der Waals surface area contributed by atoms with Crippen molar-refractivity contribution in [1.82, 2.24) is 5.32 Å². The first-order chi connectivity index (χ1) is 8.91. The minimum absolute atomic E-state index is 0. The molecule has 1 aliphatic rings. The molecule has 0 saturated carbocycles. The quantitative estimate of drug-likeness (QED) is 0.341. The van der Waals surface area contributed by atoms with Crippen molar-refractivity contribution in [3.05, 3.63) is 42.3 Å². The third kappa shape index (κ3) is 11.6. The summed E-state index contributed by atoms with van der Waals surface area (Å²) >= 11 is -1.57. The van der Waals surface area contributed by atoms with Crippen LogP contribution in [0.3, 0.4) is 0 Å². The third-order valence-electron chi connectivity index (χ3n) is 2.81. The Morgan fingerprint density at radius 2 is 1.71 bits per heavy atom. The van der Waals surface area contributed by atoms with Gasteiger partial charge in [-0.2, -0.15) is 12.8 Å². The van der Waals surface area contributed by atoms with Crippen LogP contribution in [-0.2, 0) is 24.9 Å². The fourth-order valence-corrected chi connectivity index (χ4v) is 1.97. The first-order valence-electron chi connectivity index (χ1n) is 5.70. The van der Waals surface area contributed by atoms with Gasteiger partial charge in [-0.1, -0.05) is 35.9 Å². The summed E-state index contributed by atoms with van der Waals surface area (Å²) in [5.74, 6) is 0.172. The summed E-state index contributed by atoms with van der Waals surface area (Å²) in [6, 6.07) is 10.4. The molecule has 1 saturated heterocycles. The molecule has 1 heterocycles. The molecule has 0 radical (unpaired) electrons. The van der Waals surface area contributed by atoms with Crippen LogP contribution in [0, 0.1) is 6.42 Å². The molecule has 1 aliphatic heterocycles. The minimum Gasteiger partial charge on any atom is 1.00 e. The van der Waals surface area contributed by atoms with Crippen LogP contribution in [0.4, 0.5) is 0 Å². The van der Waals surface area contributed by atoms with Gasteiger partial charge in [-0.3, -0.25) is 4.79 Å². The van der Waals surface area contributed by atoms with E-state index in [1.807, 2.05) is 6.07 Å². The van der Waals surface area contributed by atoms with Crippen molar-refractivity contribution in [2.75, 3.05) is 0 Å². The molecule has 1 atom stereocenters. The number of nitrogens with one attached hydrogen (secondary N) is 1. The molecule has 1 N–H and O–H groups in total. The third-order valence-corrected chi connectivity index (χ3v) is 2.81. The fourth-order valence-electron chi connectivity index (χ4n) is 1.97. The van der Waals surface area contributed by atoms with E-state index in [4.69, 9.17) is 28.6 Å². The Kier molecular flexibility index (Phi) is 15.0.